The van der Waals surface area contributed by atoms with Crippen molar-refractivity contribution in [1.29, 1.82) is 0 Å². The second-order valence-electron chi connectivity index (χ2n) is 35.3. The van der Waals surface area contributed by atoms with Gasteiger partial charge < -0.3 is 14.9 Å². The number of hydrogen-bond donors (Lipinski definition) is 2. The minimum Gasteiger partial charge on any atom is -0.493 e. The number of aryl methyl sites for hydroxylation is 4. The quantitative estimate of drug-likeness (QED) is 0.0627. The smallest absolute Gasteiger partial charge is 0.194 e. The zero-order chi connectivity index (χ0) is 91.8. The van der Waals surface area contributed by atoms with Crippen LogP contribution < -0.4 is 4.74 Å². The third kappa shape index (κ3) is 37.2. The predicted octanol–water partition coefficient (Wildman–Crippen LogP) is 33.2. The van der Waals surface area contributed by atoms with Gasteiger partial charge in [-0.1, -0.05) is 214 Å². The molecule has 17 heteroatoms. The fraction of sp³-hybridized carbons (Fsp3) is 0.495. The maximum absolute atomic E-state index is 13.2. The molecule has 9 unspecified atom stereocenters. The number of aliphatic hydroxyl groups excluding tert-OH is 2. The molecule has 120 heavy (non-hydrogen) atoms. The van der Waals surface area contributed by atoms with E-state index in [1.165, 1.54) is 76.3 Å². The lowest BCUT2D eigenvalue weighted by Crippen LogP contribution is -2.18. The van der Waals surface area contributed by atoms with Crippen LogP contribution >= 0.6 is 34.5 Å². The molecule has 0 bridgehead atoms. The molecule has 0 radical (unpaired) electrons. The van der Waals surface area contributed by atoms with Crippen molar-refractivity contribution in [2.75, 3.05) is 19.8 Å². The highest BCUT2D eigenvalue weighted by Gasteiger charge is 2.26. The molecule has 1 aliphatic heterocycles. The van der Waals surface area contributed by atoms with Crippen LogP contribution in [0, 0.1) is 152 Å². The van der Waals surface area contributed by atoms with Crippen LogP contribution in [0.25, 0.3) is 0 Å². The molecule has 3 nitrogen and oxygen atoms in total. The Balaban J connectivity index is 0.000000458. The number of aliphatic hydroxyl groups is 2. The second kappa shape index (κ2) is 53.2. The summed E-state index contributed by atoms with van der Waals surface area (Å²) in [5.41, 5.74) is 10.1. The molecule has 2 N–H and O–H groups in total. The lowest BCUT2D eigenvalue weighted by molar-refractivity contribution is 0.236. The van der Waals surface area contributed by atoms with E-state index in [1.54, 1.807) is 31.2 Å². The summed E-state index contributed by atoms with van der Waals surface area (Å²) in [6.07, 6.45) is 0.994. The Kier molecular flexibility index (Phi) is 48.4. The van der Waals surface area contributed by atoms with Crippen molar-refractivity contribution in [3.05, 3.63) is 296 Å². The van der Waals surface area contributed by atoms with E-state index >= 15 is 0 Å². The number of ether oxygens (including phenoxy) is 1. The molecule has 666 valence electrons. The number of fused-ring (bicyclic) bond motifs is 1. The third-order valence-electron chi connectivity index (χ3n) is 23.0. The van der Waals surface area contributed by atoms with Crippen LogP contribution in [0.1, 0.15) is 302 Å². The Bertz CT molecular complexity index is 4240. The zero-order valence-corrected chi connectivity index (χ0v) is 79.0. The summed E-state index contributed by atoms with van der Waals surface area (Å²) < 4.78 is 148. The zero-order valence-electron chi connectivity index (χ0n) is 76.7. The molecular formula is C103H139Cl2F11O3S. The average Bonchev–Trinajstić information content (AvgIpc) is 0.854. The van der Waals surface area contributed by atoms with Gasteiger partial charge in [-0.25, -0.2) is 48.3 Å². The van der Waals surface area contributed by atoms with Crippen molar-refractivity contribution < 1.29 is 63.2 Å². The SMILES string of the molecule is CC(C)C(C)c1cc(F)cc(Cl)c1.CC(C)C(C)c1cc(F)cc(F)c1.CC(C)C(CO)c1cc(F)c(F)c(F)c1.CC(C)C1CCOc2ccc(F)cc21.Cc1c(F)cc(C(C)C(C)C)cc1F.Cc1cc(Cl)cc(C(C)C(C)C)c1.Cc1cc(F)cc(C(CO)C(C)C)c1.Cc1ccc(C(C)C(C)C)cc1F.Cc1ccc(C(C)C(C)C)s1. The number of thiophene rings is 1. The lowest BCUT2D eigenvalue weighted by atomic mass is 9.84. The van der Waals surface area contributed by atoms with Gasteiger partial charge in [0.25, 0.3) is 0 Å². The van der Waals surface area contributed by atoms with E-state index in [-0.39, 0.29) is 77.2 Å². The van der Waals surface area contributed by atoms with Crippen LogP contribution in [0.2, 0.25) is 10.0 Å². The minimum absolute atomic E-state index is 0.0271. The van der Waals surface area contributed by atoms with Crippen LogP contribution in [0.4, 0.5) is 48.3 Å². The summed E-state index contributed by atoms with van der Waals surface area (Å²) in [6.45, 7) is 60.4. The Hall–Kier alpha value is -7.01. The highest BCUT2D eigenvalue weighted by Crippen LogP contribution is 2.40. The number of rotatable bonds is 19. The summed E-state index contributed by atoms with van der Waals surface area (Å²) >= 11 is 13.7. The van der Waals surface area contributed by atoms with Gasteiger partial charge in [-0.3, -0.25) is 0 Å². The van der Waals surface area contributed by atoms with Gasteiger partial charge in [0.1, 0.15) is 52.3 Å². The van der Waals surface area contributed by atoms with Gasteiger partial charge in [0.05, 0.1) is 19.8 Å². The topological polar surface area (TPSA) is 49.7 Å². The lowest BCUT2D eigenvalue weighted by Gasteiger charge is -2.28. The number of halogens is 13. The van der Waals surface area contributed by atoms with Crippen LogP contribution in [0.15, 0.2) is 146 Å². The number of benzene rings is 8. The fourth-order valence-corrected chi connectivity index (χ4v) is 14.4. The first kappa shape index (κ1) is 109. The average molecular weight is 1740 g/mol. The van der Waals surface area contributed by atoms with E-state index < -0.39 is 40.7 Å². The molecule has 0 saturated heterocycles. The van der Waals surface area contributed by atoms with E-state index in [9.17, 15) is 53.4 Å². The van der Waals surface area contributed by atoms with Gasteiger partial charge in [-0.05, 0) is 307 Å². The van der Waals surface area contributed by atoms with Crippen LogP contribution in [-0.2, 0) is 0 Å². The Labute approximate surface area is 728 Å². The van der Waals surface area contributed by atoms with Crippen molar-refractivity contribution in [3.8, 4) is 5.75 Å². The van der Waals surface area contributed by atoms with Crippen LogP contribution in [0.5, 0.6) is 5.75 Å². The molecule has 8 aromatic carbocycles. The normalized spacial score (nSPS) is 14.2. The maximum atomic E-state index is 13.2. The van der Waals surface area contributed by atoms with Crippen molar-refractivity contribution in [2.45, 2.75) is 260 Å². The minimum atomic E-state index is -1.47. The second-order valence-corrected chi connectivity index (χ2v) is 37.5. The third-order valence-corrected chi connectivity index (χ3v) is 24.6. The summed E-state index contributed by atoms with van der Waals surface area (Å²) in [7, 11) is 0. The Morgan fingerprint density at radius 2 is 0.708 bits per heavy atom. The largest absolute Gasteiger partial charge is 0.493 e. The first-order valence-electron chi connectivity index (χ1n) is 42.3. The molecule has 1 aliphatic rings. The van der Waals surface area contributed by atoms with Gasteiger partial charge in [-0.15, -0.1) is 11.3 Å². The molecule has 9 aromatic rings. The first-order chi connectivity index (χ1) is 55.8. The standard InChI is InChI=1S/C12H17Cl.C12H16F2.C12H15FO.C12H17FO.C12H17F.C11H14ClF.C11H13F3O.C11H14F2.C10H16S/c1-8(2)10(4)11-5-9(3)6-12(13)7-11;1-7(2)8(3)10-5-11(13)9(4)12(14)6-10;1-8(2)10-5-6-14-12-4-3-9(13)7-11(10)12;1-8(2)12(7-14)10-4-9(3)5-11(13)6-10;1-8(2)10(4)11-6-5-9(3)12(13)7-11;1-7(2)8(3)9-4-10(12)6-11(13)5-9;1-6(2)8(5-15)7-3-9(12)11(14)10(13)4-7;1-7(2)8(3)9-4-10(12)6-11(13)5-9;1-7(2)9(4)10-6-5-8(3)11-10/h5-8,10H,1-4H3;5-8H,1-4H3;3-4,7-8,10H,5-6H2,1-2H3;4-6,8,12,14H,7H2,1-3H3;5-8,10H,1-4H3;4-8H,1-3H3;3-4,6,8,15H,5H2,1-2H3;4-8H,1-3H3;5-7,9H,1-4H3. The maximum Gasteiger partial charge on any atom is 0.194 e. The molecule has 0 fully saturated rings. The van der Waals surface area contributed by atoms with E-state index in [0.717, 1.165) is 92.4 Å². The van der Waals surface area contributed by atoms with Gasteiger partial charge in [0.2, 0.25) is 0 Å². The van der Waals surface area contributed by atoms with Gasteiger partial charge >= 0.3 is 0 Å². The Morgan fingerprint density at radius 1 is 0.342 bits per heavy atom. The Morgan fingerprint density at radius 3 is 1.10 bits per heavy atom. The molecule has 0 saturated carbocycles. The van der Waals surface area contributed by atoms with Crippen LogP contribution in [-0.4, -0.2) is 30.0 Å². The summed E-state index contributed by atoms with van der Waals surface area (Å²) in [6, 6.07) is 39.1. The highest BCUT2D eigenvalue weighted by atomic mass is 35.5. The molecule has 10 rings (SSSR count). The molecule has 0 amide bonds. The summed E-state index contributed by atoms with van der Waals surface area (Å²) in [5.74, 6) is 0.976. The highest BCUT2D eigenvalue weighted by molar-refractivity contribution is 7.12. The monoisotopic (exact) mass is 1730 g/mol. The molecule has 9 atom stereocenters. The molecule has 0 spiro atoms. The summed E-state index contributed by atoms with van der Waals surface area (Å²) in [4.78, 5) is 2.95. The first-order valence-corrected chi connectivity index (χ1v) is 43.9. The molecule has 0 aliphatic carbocycles. The molecular weight excluding hydrogens is 1600 g/mol. The van der Waals surface area contributed by atoms with Crippen molar-refractivity contribution in [3.63, 3.8) is 0 Å². The van der Waals surface area contributed by atoms with Crippen molar-refractivity contribution in [1.82, 2.24) is 0 Å². The number of hydrogen-bond acceptors (Lipinski definition) is 4. The van der Waals surface area contributed by atoms with Gasteiger partial charge in [0, 0.05) is 48.8 Å². The van der Waals surface area contributed by atoms with Gasteiger partial charge in [-0.2, -0.15) is 0 Å². The molecule has 1 aromatic heterocycles. The fourth-order valence-electron chi connectivity index (χ4n) is 12.7. The van der Waals surface area contributed by atoms with E-state index in [0.29, 0.717) is 76.0 Å². The molecule has 2 heterocycles. The summed E-state index contributed by atoms with van der Waals surface area (Å²) in [5, 5.41) is 19.6. The van der Waals surface area contributed by atoms with E-state index in [2.05, 4.69) is 135 Å². The van der Waals surface area contributed by atoms with E-state index in [4.69, 9.17) is 33.0 Å². The van der Waals surface area contributed by atoms with Gasteiger partial charge in [0.15, 0.2) is 17.5 Å². The van der Waals surface area contributed by atoms with Crippen molar-refractivity contribution in [2.24, 2.45) is 53.3 Å². The van der Waals surface area contributed by atoms with Crippen molar-refractivity contribution >= 4 is 34.5 Å². The predicted molar refractivity (Wildman–Crippen MR) is 486 cm³/mol. The van der Waals surface area contributed by atoms with E-state index in [1.807, 2.05) is 118 Å². The van der Waals surface area contributed by atoms with Crippen LogP contribution in [0.3, 0.4) is 0 Å².